The maximum Gasteiger partial charge on any atom is 0.305 e. The summed E-state index contributed by atoms with van der Waals surface area (Å²) in [5.74, 6) is 0.335. The summed E-state index contributed by atoms with van der Waals surface area (Å²) in [5, 5.41) is 8.75. The van der Waals surface area contributed by atoms with Crippen molar-refractivity contribution in [2.24, 2.45) is 5.73 Å². The predicted molar refractivity (Wildman–Crippen MR) is 68.9 cm³/mol. The van der Waals surface area contributed by atoms with E-state index in [4.69, 9.17) is 20.3 Å². The van der Waals surface area contributed by atoms with E-state index in [1.54, 1.807) is 12.1 Å². The van der Waals surface area contributed by atoms with E-state index in [2.05, 4.69) is 15.9 Å². The van der Waals surface area contributed by atoms with Crippen molar-refractivity contribution < 1.29 is 19.4 Å². The van der Waals surface area contributed by atoms with Crippen LogP contribution in [0.25, 0.3) is 0 Å². The number of fused-ring (bicyclic) bond motifs is 1. The van der Waals surface area contributed by atoms with Crippen molar-refractivity contribution in [1.82, 2.24) is 0 Å². The third-order valence-corrected chi connectivity index (χ3v) is 3.24. The number of carboxylic acids is 1. The van der Waals surface area contributed by atoms with Crippen molar-refractivity contribution in [3.8, 4) is 11.5 Å². The largest absolute Gasteiger partial charge is 0.490 e. The van der Waals surface area contributed by atoms with Gasteiger partial charge in [-0.25, -0.2) is 0 Å². The first kappa shape index (κ1) is 13.2. The lowest BCUT2D eigenvalue weighted by atomic mass is 10.0. The number of benzene rings is 1. The van der Waals surface area contributed by atoms with Gasteiger partial charge in [-0.15, -0.1) is 0 Å². The summed E-state index contributed by atoms with van der Waals surface area (Å²) in [5.41, 5.74) is 6.56. The van der Waals surface area contributed by atoms with Crippen LogP contribution in [0.3, 0.4) is 0 Å². The Morgan fingerprint density at radius 1 is 1.44 bits per heavy atom. The van der Waals surface area contributed by atoms with Gasteiger partial charge in [0.05, 0.1) is 24.1 Å². The maximum absolute atomic E-state index is 10.7. The predicted octanol–water partition coefficient (Wildman–Crippen LogP) is 2.08. The molecule has 1 heterocycles. The Balaban J connectivity index is 2.31. The Bertz CT molecular complexity index is 464. The van der Waals surface area contributed by atoms with Gasteiger partial charge in [0.15, 0.2) is 11.5 Å². The lowest BCUT2D eigenvalue weighted by Gasteiger charge is -2.15. The number of ether oxygens (including phenoxy) is 2. The minimum absolute atomic E-state index is 0.119. The van der Waals surface area contributed by atoms with Gasteiger partial charge in [0.2, 0.25) is 0 Å². The van der Waals surface area contributed by atoms with Crippen LogP contribution in [0.15, 0.2) is 16.6 Å². The minimum Gasteiger partial charge on any atom is -0.490 e. The Kier molecular flexibility index (Phi) is 4.08. The molecule has 0 fully saturated rings. The van der Waals surface area contributed by atoms with Crippen LogP contribution in [0.4, 0.5) is 0 Å². The third kappa shape index (κ3) is 2.94. The number of hydrogen-bond donors (Lipinski definition) is 2. The van der Waals surface area contributed by atoms with E-state index in [0.29, 0.717) is 30.3 Å². The highest BCUT2D eigenvalue weighted by Gasteiger charge is 2.19. The molecule has 0 bridgehead atoms. The highest BCUT2D eigenvalue weighted by atomic mass is 79.9. The van der Waals surface area contributed by atoms with E-state index in [9.17, 15) is 4.79 Å². The van der Waals surface area contributed by atoms with Crippen LogP contribution in [0, 0.1) is 0 Å². The minimum atomic E-state index is -0.925. The number of aliphatic carboxylic acids is 1. The van der Waals surface area contributed by atoms with E-state index in [1.165, 1.54) is 0 Å². The van der Waals surface area contributed by atoms with Crippen molar-refractivity contribution in [2.75, 3.05) is 13.2 Å². The SMILES string of the molecule is NC(CC(=O)O)c1cc(Br)c2c(c1)OCCCO2. The first-order valence-corrected chi connectivity index (χ1v) is 6.43. The molecule has 0 amide bonds. The van der Waals surface area contributed by atoms with Crippen LogP contribution in [0.2, 0.25) is 0 Å². The van der Waals surface area contributed by atoms with Gasteiger partial charge in [-0.2, -0.15) is 0 Å². The molecule has 1 unspecified atom stereocenters. The summed E-state index contributed by atoms with van der Waals surface area (Å²) in [6.07, 6.45) is 0.698. The second-order valence-corrected chi connectivity index (χ2v) is 4.94. The standard InChI is InChI=1S/C12H14BrNO4/c13-8-4-7(9(14)6-11(15)16)5-10-12(8)18-3-1-2-17-10/h4-5,9H,1-3,6,14H2,(H,15,16). The molecule has 0 spiro atoms. The molecule has 6 heteroatoms. The van der Waals surface area contributed by atoms with E-state index < -0.39 is 12.0 Å². The van der Waals surface area contributed by atoms with Crippen LogP contribution in [-0.2, 0) is 4.79 Å². The van der Waals surface area contributed by atoms with E-state index in [1.807, 2.05) is 0 Å². The topological polar surface area (TPSA) is 81.8 Å². The van der Waals surface area contributed by atoms with Gasteiger partial charge in [-0.1, -0.05) is 0 Å². The molecule has 1 aromatic rings. The average Bonchev–Trinajstić information content (AvgIpc) is 2.53. The summed E-state index contributed by atoms with van der Waals surface area (Å²) < 4.78 is 11.9. The Morgan fingerprint density at radius 3 is 2.89 bits per heavy atom. The van der Waals surface area contributed by atoms with E-state index in [0.717, 1.165) is 10.9 Å². The molecule has 5 nitrogen and oxygen atoms in total. The van der Waals surface area contributed by atoms with Crippen LogP contribution in [-0.4, -0.2) is 24.3 Å². The average molecular weight is 316 g/mol. The van der Waals surface area contributed by atoms with Gasteiger partial charge in [-0.3, -0.25) is 4.79 Å². The van der Waals surface area contributed by atoms with Gasteiger partial charge < -0.3 is 20.3 Å². The molecule has 18 heavy (non-hydrogen) atoms. The van der Waals surface area contributed by atoms with Gasteiger partial charge in [0.1, 0.15) is 0 Å². The third-order valence-electron chi connectivity index (χ3n) is 2.65. The van der Waals surface area contributed by atoms with Gasteiger partial charge in [0.25, 0.3) is 0 Å². The van der Waals surface area contributed by atoms with Gasteiger partial charge in [0, 0.05) is 12.5 Å². The van der Waals surface area contributed by atoms with E-state index >= 15 is 0 Å². The molecule has 0 aliphatic carbocycles. The summed E-state index contributed by atoms with van der Waals surface area (Å²) in [6.45, 7) is 1.18. The zero-order chi connectivity index (χ0) is 13.1. The van der Waals surface area contributed by atoms with Crippen molar-refractivity contribution in [3.63, 3.8) is 0 Å². The number of nitrogens with two attached hydrogens (primary N) is 1. The van der Waals surface area contributed by atoms with Crippen LogP contribution in [0.1, 0.15) is 24.4 Å². The van der Waals surface area contributed by atoms with Crippen molar-refractivity contribution in [2.45, 2.75) is 18.9 Å². The molecule has 3 N–H and O–H groups in total. The lowest BCUT2D eigenvalue weighted by Crippen LogP contribution is -2.15. The Hall–Kier alpha value is -1.27. The molecule has 0 saturated carbocycles. The van der Waals surface area contributed by atoms with Gasteiger partial charge >= 0.3 is 5.97 Å². The smallest absolute Gasteiger partial charge is 0.305 e. The molecule has 2 rings (SSSR count). The van der Waals surface area contributed by atoms with Crippen molar-refractivity contribution in [3.05, 3.63) is 22.2 Å². The molecular formula is C12H14BrNO4. The molecule has 98 valence electrons. The highest BCUT2D eigenvalue weighted by molar-refractivity contribution is 9.10. The second-order valence-electron chi connectivity index (χ2n) is 4.08. The lowest BCUT2D eigenvalue weighted by molar-refractivity contribution is -0.137. The fraction of sp³-hybridized carbons (Fsp3) is 0.417. The fourth-order valence-electron chi connectivity index (χ4n) is 1.77. The first-order valence-electron chi connectivity index (χ1n) is 5.64. The van der Waals surface area contributed by atoms with Gasteiger partial charge in [-0.05, 0) is 33.6 Å². The number of carboxylic acid groups (broad SMARTS) is 1. The summed E-state index contributed by atoms with van der Waals surface area (Å²) >= 11 is 3.39. The van der Waals surface area contributed by atoms with Crippen LogP contribution < -0.4 is 15.2 Å². The zero-order valence-corrected chi connectivity index (χ0v) is 11.3. The Labute approximate surface area is 113 Å². The number of rotatable bonds is 3. The van der Waals surface area contributed by atoms with Crippen molar-refractivity contribution >= 4 is 21.9 Å². The summed E-state index contributed by atoms with van der Waals surface area (Å²) in [6, 6.07) is 2.97. The molecule has 1 aliphatic heterocycles. The number of carbonyl (C=O) groups is 1. The molecule has 0 radical (unpaired) electrons. The summed E-state index contributed by atoms with van der Waals surface area (Å²) in [7, 11) is 0. The first-order chi connectivity index (χ1) is 8.58. The molecule has 1 aromatic carbocycles. The maximum atomic E-state index is 10.7. The molecule has 0 aromatic heterocycles. The quantitative estimate of drug-likeness (QED) is 0.892. The molecule has 1 aliphatic rings. The fourth-order valence-corrected chi connectivity index (χ4v) is 2.34. The Morgan fingerprint density at radius 2 is 2.17 bits per heavy atom. The highest BCUT2D eigenvalue weighted by Crippen LogP contribution is 2.39. The van der Waals surface area contributed by atoms with Crippen molar-refractivity contribution in [1.29, 1.82) is 0 Å². The summed E-state index contributed by atoms with van der Waals surface area (Å²) in [4.78, 5) is 10.7. The molecule has 1 atom stereocenters. The molecule has 0 saturated heterocycles. The zero-order valence-electron chi connectivity index (χ0n) is 9.69. The number of hydrogen-bond acceptors (Lipinski definition) is 4. The number of halogens is 1. The van der Waals surface area contributed by atoms with Crippen LogP contribution in [0.5, 0.6) is 11.5 Å². The van der Waals surface area contributed by atoms with E-state index in [-0.39, 0.29) is 6.42 Å². The normalized spacial score (nSPS) is 15.9. The van der Waals surface area contributed by atoms with Crippen LogP contribution >= 0.6 is 15.9 Å². The second kappa shape index (κ2) is 5.58. The molecular weight excluding hydrogens is 302 g/mol. The monoisotopic (exact) mass is 315 g/mol.